The molecule has 2 aliphatic rings. The van der Waals surface area contributed by atoms with Crippen LogP contribution >= 0.6 is 11.6 Å². The Kier molecular flexibility index (Phi) is 4.23. The van der Waals surface area contributed by atoms with Crippen LogP contribution in [0.2, 0.25) is 5.02 Å². The molecule has 1 heterocycles. The van der Waals surface area contributed by atoms with E-state index >= 15 is 0 Å². The van der Waals surface area contributed by atoms with Crippen LogP contribution in [0.15, 0.2) is 24.3 Å². The van der Waals surface area contributed by atoms with Crippen molar-refractivity contribution in [1.29, 1.82) is 0 Å². The van der Waals surface area contributed by atoms with E-state index in [-0.39, 0.29) is 17.4 Å². The number of hydrogen-bond donors (Lipinski definition) is 1. The van der Waals surface area contributed by atoms with Gasteiger partial charge in [-0.2, -0.15) is 0 Å². The average Bonchev–Trinajstić information content (AvgIpc) is 2.45. The molecule has 0 bridgehead atoms. The number of ether oxygens (including phenoxy) is 1. The highest BCUT2D eigenvalue weighted by Gasteiger charge is 2.45. The standard InChI is InChI=1S/C17H21ClO3/c18-14-4-2-12(3-5-14)10-15(16(19)20)13-6-9-21-17(11-13)7-1-8-17/h2-5,13,15H,1,6-11H2,(H,19,20). The van der Waals surface area contributed by atoms with Crippen molar-refractivity contribution in [3.8, 4) is 0 Å². The molecule has 114 valence electrons. The predicted molar refractivity (Wildman–Crippen MR) is 81.5 cm³/mol. The van der Waals surface area contributed by atoms with Gasteiger partial charge in [0.2, 0.25) is 0 Å². The van der Waals surface area contributed by atoms with E-state index < -0.39 is 5.97 Å². The van der Waals surface area contributed by atoms with Crippen LogP contribution in [-0.2, 0) is 16.0 Å². The summed E-state index contributed by atoms with van der Waals surface area (Å²) in [6, 6.07) is 7.51. The minimum absolute atomic E-state index is 0.00336. The van der Waals surface area contributed by atoms with Crippen molar-refractivity contribution in [3.05, 3.63) is 34.9 Å². The first-order valence-electron chi connectivity index (χ1n) is 7.69. The molecule has 3 nitrogen and oxygen atoms in total. The van der Waals surface area contributed by atoms with Gasteiger partial charge in [-0.3, -0.25) is 4.79 Å². The zero-order chi connectivity index (χ0) is 14.9. The van der Waals surface area contributed by atoms with Crippen molar-refractivity contribution in [2.24, 2.45) is 11.8 Å². The number of halogens is 1. The van der Waals surface area contributed by atoms with Crippen molar-refractivity contribution in [2.45, 2.75) is 44.1 Å². The van der Waals surface area contributed by atoms with Crippen LogP contribution in [0.3, 0.4) is 0 Å². The first-order valence-corrected chi connectivity index (χ1v) is 8.07. The van der Waals surface area contributed by atoms with Gasteiger partial charge in [0, 0.05) is 11.6 Å². The maximum atomic E-state index is 11.7. The second-order valence-electron chi connectivity index (χ2n) is 6.41. The first-order chi connectivity index (χ1) is 10.1. The fraction of sp³-hybridized carbons (Fsp3) is 0.588. The number of carboxylic acids is 1. The molecule has 2 fully saturated rings. The SMILES string of the molecule is O=C(O)C(Cc1ccc(Cl)cc1)C1CCOC2(CCC2)C1. The molecule has 4 heteroatoms. The van der Waals surface area contributed by atoms with E-state index in [1.165, 1.54) is 6.42 Å². The Morgan fingerprint density at radius 3 is 2.67 bits per heavy atom. The molecule has 1 aliphatic heterocycles. The minimum atomic E-state index is -0.689. The van der Waals surface area contributed by atoms with Gasteiger partial charge in [-0.25, -0.2) is 0 Å². The van der Waals surface area contributed by atoms with E-state index in [1.54, 1.807) is 0 Å². The molecule has 0 radical (unpaired) electrons. The summed E-state index contributed by atoms with van der Waals surface area (Å²) in [6.45, 7) is 0.703. The molecule has 1 aromatic carbocycles. The Morgan fingerprint density at radius 1 is 1.38 bits per heavy atom. The highest BCUT2D eigenvalue weighted by molar-refractivity contribution is 6.30. The molecule has 3 rings (SSSR count). The monoisotopic (exact) mass is 308 g/mol. The first kappa shape index (κ1) is 14.9. The fourth-order valence-corrected chi connectivity index (χ4v) is 3.78. The van der Waals surface area contributed by atoms with Gasteiger partial charge in [0.05, 0.1) is 11.5 Å². The highest BCUT2D eigenvalue weighted by Crippen LogP contribution is 2.46. The Labute approximate surface area is 130 Å². The van der Waals surface area contributed by atoms with E-state index in [9.17, 15) is 9.90 Å². The van der Waals surface area contributed by atoms with Crippen molar-refractivity contribution in [3.63, 3.8) is 0 Å². The van der Waals surface area contributed by atoms with Gasteiger partial charge < -0.3 is 9.84 Å². The summed E-state index contributed by atoms with van der Waals surface area (Å²) in [4.78, 5) is 11.7. The van der Waals surface area contributed by atoms with Gasteiger partial charge in [-0.15, -0.1) is 0 Å². The van der Waals surface area contributed by atoms with Gasteiger partial charge in [0.15, 0.2) is 0 Å². The molecule has 1 saturated carbocycles. The molecular weight excluding hydrogens is 288 g/mol. The summed E-state index contributed by atoms with van der Waals surface area (Å²) < 4.78 is 5.92. The molecule has 1 aromatic rings. The van der Waals surface area contributed by atoms with E-state index in [0.717, 1.165) is 31.2 Å². The second kappa shape index (κ2) is 5.98. The molecule has 21 heavy (non-hydrogen) atoms. The van der Waals surface area contributed by atoms with Crippen molar-refractivity contribution < 1.29 is 14.6 Å². The number of carbonyl (C=O) groups is 1. The molecule has 2 unspecified atom stereocenters. The lowest BCUT2D eigenvalue weighted by Crippen LogP contribution is -2.48. The number of benzene rings is 1. The van der Waals surface area contributed by atoms with Gasteiger partial charge in [-0.1, -0.05) is 23.7 Å². The largest absolute Gasteiger partial charge is 0.481 e. The van der Waals surface area contributed by atoms with Crippen molar-refractivity contribution >= 4 is 17.6 Å². The molecule has 0 aromatic heterocycles. The van der Waals surface area contributed by atoms with Gasteiger partial charge in [0.25, 0.3) is 0 Å². The molecule has 2 atom stereocenters. The van der Waals surface area contributed by atoms with Crippen LogP contribution in [0.5, 0.6) is 0 Å². The summed E-state index contributed by atoms with van der Waals surface area (Å²) in [5, 5.41) is 10.3. The lowest BCUT2D eigenvalue weighted by Gasteiger charge is -2.48. The predicted octanol–water partition coefficient (Wildman–Crippen LogP) is 3.93. The minimum Gasteiger partial charge on any atom is -0.481 e. The fourth-order valence-electron chi connectivity index (χ4n) is 3.66. The lowest BCUT2D eigenvalue weighted by atomic mass is 9.68. The summed E-state index contributed by atoms with van der Waals surface area (Å²) in [5.74, 6) is -0.800. The maximum absolute atomic E-state index is 11.7. The molecule has 1 aliphatic carbocycles. The highest BCUT2D eigenvalue weighted by atomic mass is 35.5. The Hall–Kier alpha value is -1.06. The van der Waals surface area contributed by atoms with Crippen LogP contribution < -0.4 is 0 Å². The smallest absolute Gasteiger partial charge is 0.307 e. The van der Waals surface area contributed by atoms with E-state index in [4.69, 9.17) is 16.3 Å². The quantitative estimate of drug-likeness (QED) is 0.916. The maximum Gasteiger partial charge on any atom is 0.307 e. The summed E-state index contributed by atoms with van der Waals surface area (Å²) in [5.41, 5.74) is 1.04. The third kappa shape index (κ3) is 3.24. The summed E-state index contributed by atoms with van der Waals surface area (Å²) in [6.07, 6.45) is 5.73. The summed E-state index contributed by atoms with van der Waals surface area (Å²) >= 11 is 5.89. The van der Waals surface area contributed by atoms with Crippen molar-refractivity contribution in [2.75, 3.05) is 6.61 Å². The van der Waals surface area contributed by atoms with E-state index in [1.807, 2.05) is 24.3 Å². The van der Waals surface area contributed by atoms with Crippen LogP contribution in [0.1, 0.15) is 37.7 Å². The molecule has 1 N–H and O–H groups in total. The molecule has 1 spiro atoms. The topological polar surface area (TPSA) is 46.5 Å². The number of carboxylic acid groups (broad SMARTS) is 1. The second-order valence-corrected chi connectivity index (χ2v) is 6.85. The lowest BCUT2D eigenvalue weighted by molar-refractivity contribution is -0.162. The van der Waals surface area contributed by atoms with Crippen molar-refractivity contribution in [1.82, 2.24) is 0 Å². The molecular formula is C17H21ClO3. The Morgan fingerprint density at radius 2 is 2.10 bits per heavy atom. The third-order valence-corrected chi connectivity index (χ3v) is 5.30. The zero-order valence-corrected chi connectivity index (χ0v) is 12.8. The van der Waals surface area contributed by atoms with Crippen LogP contribution in [0.25, 0.3) is 0 Å². The Bertz CT molecular complexity index is 507. The van der Waals surface area contributed by atoms with Crippen LogP contribution in [0.4, 0.5) is 0 Å². The van der Waals surface area contributed by atoms with Crippen LogP contribution in [0, 0.1) is 11.8 Å². The average molecular weight is 309 g/mol. The normalized spacial score (nSPS) is 25.3. The zero-order valence-electron chi connectivity index (χ0n) is 12.1. The number of aliphatic carboxylic acids is 1. The number of hydrogen-bond acceptors (Lipinski definition) is 2. The van der Waals surface area contributed by atoms with Gasteiger partial charge in [0.1, 0.15) is 0 Å². The van der Waals surface area contributed by atoms with Gasteiger partial charge >= 0.3 is 5.97 Å². The van der Waals surface area contributed by atoms with E-state index in [2.05, 4.69) is 0 Å². The van der Waals surface area contributed by atoms with Gasteiger partial charge in [-0.05, 0) is 62.1 Å². The van der Waals surface area contributed by atoms with Crippen LogP contribution in [-0.4, -0.2) is 23.3 Å². The molecule has 1 saturated heterocycles. The summed E-state index contributed by atoms with van der Waals surface area (Å²) in [7, 11) is 0. The van der Waals surface area contributed by atoms with E-state index in [0.29, 0.717) is 18.1 Å². The third-order valence-electron chi connectivity index (χ3n) is 5.05. The Balaban J connectivity index is 1.71. The number of rotatable bonds is 4. The molecule has 0 amide bonds.